The molecule has 0 saturated carbocycles. The molecule has 2 aliphatic heterocycles. The Balaban J connectivity index is 0.00000312. The summed E-state index contributed by atoms with van der Waals surface area (Å²) in [6.07, 6.45) is 4.49. The lowest BCUT2D eigenvalue weighted by Gasteiger charge is -2.22. The second kappa shape index (κ2) is 14.0. The Bertz CT molecular complexity index is 365. The van der Waals surface area contributed by atoms with Gasteiger partial charge in [-0.15, -0.1) is 24.0 Å². The molecule has 2 saturated heterocycles. The van der Waals surface area contributed by atoms with Crippen molar-refractivity contribution in [1.82, 2.24) is 10.2 Å². The van der Waals surface area contributed by atoms with E-state index in [2.05, 4.69) is 22.1 Å². The van der Waals surface area contributed by atoms with Crippen molar-refractivity contribution in [1.29, 1.82) is 0 Å². The molecule has 25 heavy (non-hydrogen) atoms. The van der Waals surface area contributed by atoms with Gasteiger partial charge in [0.1, 0.15) is 0 Å². The third-order valence-electron chi connectivity index (χ3n) is 4.80. The van der Waals surface area contributed by atoms with Crippen molar-refractivity contribution in [3.63, 3.8) is 0 Å². The summed E-state index contributed by atoms with van der Waals surface area (Å²) < 4.78 is 16.7. The standard InChI is InChI=1S/C18H35N3O3.HI/c1-3-22-15-17-5-9-21(13-17)18(19-2)20-8-4-10-24-14-16-6-11-23-12-7-16;/h16-17H,3-15H2,1-2H3,(H,19,20);1H. The van der Waals surface area contributed by atoms with E-state index < -0.39 is 0 Å². The Morgan fingerprint density at radius 2 is 1.92 bits per heavy atom. The molecule has 0 aromatic heterocycles. The lowest BCUT2D eigenvalue weighted by Crippen LogP contribution is -2.40. The number of ether oxygens (including phenoxy) is 3. The molecular formula is C18H36IN3O3. The maximum Gasteiger partial charge on any atom is 0.193 e. The lowest BCUT2D eigenvalue weighted by atomic mass is 10.0. The fraction of sp³-hybridized carbons (Fsp3) is 0.944. The van der Waals surface area contributed by atoms with E-state index in [0.717, 1.165) is 84.5 Å². The maximum atomic E-state index is 5.81. The van der Waals surface area contributed by atoms with Crippen molar-refractivity contribution in [3.05, 3.63) is 0 Å². The number of rotatable bonds is 9. The molecule has 148 valence electrons. The van der Waals surface area contributed by atoms with E-state index in [0.29, 0.717) is 11.8 Å². The second-order valence-corrected chi connectivity index (χ2v) is 6.72. The molecule has 7 heteroatoms. The van der Waals surface area contributed by atoms with Crippen molar-refractivity contribution in [3.8, 4) is 0 Å². The molecule has 0 spiro atoms. The molecule has 2 rings (SSSR count). The zero-order chi connectivity index (χ0) is 17.0. The molecule has 2 fully saturated rings. The number of halogens is 1. The first kappa shape index (κ1) is 22.9. The van der Waals surface area contributed by atoms with E-state index in [1.54, 1.807) is 0 Å². The van der Waals surface area contributed by atoms with E-state index in [1.807, 2.05) is 7.05 Å². The van der Waals surface area contributed by atoms with Crippen LogP contribution in [0.1, 0.15) is 32.6 Å². The topological polar surface area (TPSA) is 55.3 Å². The number of likely N-dealkylation sites (tertiary alicyclic amines) is 1. The average Bonchev–Trinajstić information content (AvgIpc) is 3.09. The maximum absolute atomic E-state index is 5.81. The minimum absolute atomic E-state index is 0. The molecule has 0 aromatic carbocycles. The smallest absolute Gasteiger partial charge is 0.193 e. The summed E-state index contributed by atoms with van der Waals surface area (Å²) in [6, 6.07) is 0. The third kappa shape index (κ3) is 8.88. The van der Waals surface area contributed by atoms with Crippen LogP contribution in [0.3, 0.4) is 0 Å². The molecule has 0 radical (unpaired) electrons. The van der Waals surface area contributed by atoms with Crippen LogP contribution in [0.5, 0.6) is 0 Å². The predicted octanol–water partition coefficient (Wildman–Crippen LogP) is 2.37. The zero-order valence-electron chi connectivity index (χ0n) is 15.9. The Hall–Kier alpha value is -0.120. The summed E-state index contributed by atoms with van der Waals surface area (Å²) in [5.41, 5.74) is 0. The van der Waals surface area contributed by atoms with E-state index in [4.69, 9.17) is 14.2 Å². The molecule has 0 amide bonds. The highest BCUT2D eigenvalue weighted by Gasteiger charge is 2.24. The SMILES string of the molecule is CCOCC1CCN(C(=NC)NCCCOCC2CCOCC2)C1.I. The molecule has 1 unspecified atom stereocenters. The van der Waals surface area contributed by atoms with Crippen molar-refractivity contribution >= 4 is 29.9 Å². The lowest BCUT2D eigenvalue weighted by molar-refractivity contribution is 0.0203. The minimum Gasteiger partial charge on any atom is -0.381 e. The zero-order valence-corrected chi connectivity index (χ0v) is 18.2. The van der Waals surface area contributed by atoms with Crippen LogP contribution in [-0.4, -0.2) is 77.2 Å². The molecule has 6 nitrogen and oxygen atoms in total. The highest BCUT2D eigenvalue weighted by Crippen LogP contribution is 2.16. The normalized spacial score (nSPS) is 22.1. The quantitative estimate of drug-likeness (QED) is 0.243. The van der Waals surface area contributed by atoms with Crippen LogP contribution in [0.15, 0.2) is 4.99 Å². The number of nitrogens with one attached hydrogen (secondary N) is 1. The van der Waals surface area contributed by atoms with E-state index in [9.17, 15) is 0 Å². The van der Waals surface area contributed by atoms with Gasteiger partial charge in [-0.05, 0) is 38.5 Å². The van der Waals surface area contributed by atoms with Crippen LogP contribution in [-0.2, 0) is 14.2 Å². The first-order valence-corrected chi connectivity index (χ1v) is 9.52. The van der Waals surface area contributed by atoms with Crippen LogP contribution >= 0.6 is 24.0 Å². The Morgan fingerprint density at radius 1 is 1.16 bits per heavy atom. The molecule has 1 atom stereocenters. The number of hydrogen-bond acceptors (Lipinski definition) is 4. The van der Waals surface area contributed by atoms with Gasteiger partial charge >= 0.3 is 0 Å². The van der Waals surface area contributed by atoms with Crippen LogP contribution in [0.25, 0.3) is 0 Å². The average molecular weight is 469 g/mol. The largest absolute Gasteiger partial charge is 0.381 e. The van der Waals surface area contributed by atoms with Gasteiger partial charge in [0.05, 0.1) is 6.61 Å². The van der Waals surface area contributed by atoms with Gasteiger partial charge in [0.15, 0.2) is 5.96 Å². The number of guanidine groups is 1. The van der Waals surface area contributed by atoms with E-state index in [-0.39, 0.29) is 24.0 Å². The fourth-order valence-electron chi connectivity index (χ4n) is 3.32. The Morgan fingerprint density at radius 3 is 2.64 bits per heavy atom. The van der Waals surface area contributed by atoms with Gasteiger partial charge < -0.3 is 24.4 Å². The first-order chi connectivity index (χ1) is 11.8. The third-order valence-corrected chi connectivity index (χ3v) is 4.80. The highest BCUT2D eigenvalue weighted by atomic mass is 127. The number of nitrogens with zero attached hydrogens (tertiary/aromatic N) is 2. The molecule has 0 aromatic rings. The van der Waals surface area contributed by atoms with Gasteiger partial charge in [-0.25, -0.2) is 0 Å². The van der Waals surface area contributed by atoms with E-state index in [1.165, 1.54) is 6.42 Å². The Kier molecular flexibility index (Phi) is 12.8. The van der Waals surface area contributed by atoms with Gasteiger partial charge in [0.25, 0.3) is 0 Å². The van der Waals surface area contributed by atoms with Crippen LogP contribution < -0.4 is 5.32 Å². The summed E-state index contributed by atoms with van der Waals surface area (Å²) in [7, 11) is 1.86. The van der Waals surface area contributed by atoms with Crippen LogP contribution in [0.2, 0.25) is 0 Å². The van der Waals surface area contributed by atoms with Gasteiger partial charge in [-0.1, -0.05) is 0 Å². The van der Waals surface area contributed by atoms with Gasteiger partial charge in [0, 0.05) is 65.6 Å². The van der Waals surface area contributed by atoms with Crippen LogP contribution in [0.4, 0.5) is 0 Å². The second-order valence-electron chi connectivity index (χ2n) is 6.72. The molecule has 1 N–H and O–H groups in total. The fourth-order valence-corrected chi connectivity index (χ4v) is 3.32. The summed E-state index contributed by atoms with van der Waals surface area (Å²) in [4.78, 5) is 6.75. The summed E-state index contributed by atoms with van der Waals surface area (Å²) in [6.45, 7) is 10.2. The number of aliphatic imine (C=N–C) groups is 1. The minimum atomic E-state index is 0. The molecule has 0 aliphatic carbocycles. The van der Waals surface area contributed by atoms with Crippen LogP contribution in [0, 0.1) is 11.8 Å². The van der Waals surface area contributed by atoms with Crippen molar-refractivity contribution in [2.75, 3.05) is 66.3 Å². The molecular weight excluding hydrogens is 433 g/mol. The summed E-state index contributed by atoms with van der Waals surface area (Å²) in [5.74, 6) is 2.33. The van der Waals surface area contributed by atoms with Gasteiger partial charge in [0.2, 0.25) is 0 Å². The molecule has 2 aliphatic rings. The molecule has 0 bridgehead atoms. The highest BCUT2D eigenvalue weighted by molar-refractivity contribution is 14.0. The Labute approximate surface area is 170 Å². The summed E-state index contributed by atoms with van der Waals surface area (Å²) in [5, 5.41) is 3.46. The van der Waals surface area contributed by atoms with Crippen molar-refractivity contribution in [2.45, 2.75) is 32.6 Å². The predicted molar refractivity (Wildman–Crippen MR) is 112 cm³/mol. The molecule has 2 heterocycles. The summed E-state index contributed by atoms with van der Waals surface area (Å²) >= 11 is 0. The van der Waals surface area contributed by atoms with Crippen molar-refractivity contribution < 1.29 is 14.2 Å². The van der Waals surface area contributed by atoms with Gasteiger partial charge in [-0.3, -0.25) is 4.99 Å². The monoisotopic (exact) mass is 469 g/mol. The number of hydrogen-bond donors (Lipinski definition) is 1. The van der Waals surface area contributed by atoms with Crippen molar-refractivity contribution in [2.24, 2.45) is 16.8 Å². The van der Waals surface area contributed by atoms with E-state index >= 15 is 0 Å². The van der Waals surface area contributed by atoms with Gasteiger partial charge in [-0.2, -0.15) is 0 Å². The first-order valence-electron chi connectivity index (χ1n) is 9.52.